The molecule has 11 N–H and O–H groups in total. The van der Waals surface area contributed by atoms with Crippen LogP contribution in [0.1, 0.15) is 20.1 Å². The number of hydrogen-bond donors (Lipinski definition) is 10. The standard InChI is InChI=1S/C24H35N6O17P3/c1-11(16(31)17(32)12(2)29-5-3-4-13(6-29)23(34)35)7-44-48(37,38)24(36)49(39,40)45-8-14-18(33)19(47-50(41,42)43)22(46-14)30-10-28-15-20(25)26-9-27-21(15)30/h3-4,6,9-12,14,16-19,22,31-33,39-40H,5,7-8H2,1-2H3,(H5-,25,26,27,34,35,37,38,41,42,43)/p+1/t11?,12?,14-,16-,17+,18-,19-,22-/m1/s1. The summed E-state index contributed by atoms with van der Waals surface area (Å²) in [6.07, 6.45) is -4.02. The molecule has 2 aliphatic heterocycles. The van der Waals surface area contributed by atoms with E-state index >= 15 is 0 Å². The number of imidazole rings is 1. The van der Waals surface area contributed by atoms with Crippen LogP contribution < -0.4 is 5.73 Å². The monoisotopic (exact) mass is 773 g/mol. The maximum absolute atomic E-state index is 12.7. The molecule has 2 aromatic rings. The van der Waals surface area contributed by atoms with Gasteiger partial charge in [-0.1, -0.05) is 13.0 Å². The van der Waals surface area contributed by atoms with Crippen molar-refractivity contribution in [3.8, 4) is 0 Å². The number of carbonyl (C=O) groups is 2. The average Bonchev–Trinajstić information content (AvgIpc) is 3.61. The van der Waals surface area contributed by atoms with Gasteiger partial charge in [0.25, 0.3) is 0 Å². The third-order valence-corrected chi connectivity index (χ3v) is 11.8. The highest BCUT2D eigenvalue weighted by atomic mass is 31.3. The smallest absolute Gasteiger partial charge is 0.478 e. The first-order valence-corrected chi connectivity index (χ1v) is 19.1. The van der Waals surface area contributed by atoms with Crippen LogP contribution in [0.15, 0.2) is 36.6 Å². The van der Waals surface area contributed by atoms with Gasteiger partial charge >= 0.3 is 34.6 Å². The molecule has 26 heteroatoms. The van der Waals surface area contributed by atoms with Gasteiger partial charge in [0.2, 0.25) is 0 Å². The van der Waals surface area contributed by atoms with Crippen molar-refractivity contribution in [2.24, 2.45) is 5.92 Å². The van der Waals surface area contributed by atoms with Gasteiger partial charge in [-0.2, -0.15) is 14.3 Å². The summed E-state index contributed by atoms with van der Waals surface area (Å²) in [6.45, 7) is 1.02. The molecule has 0 saturated carbocycles. The molecule has 0 radical (unpaired) electrons. The molecule has 9 atom stereocenters. The number of hydrogen-bond acceptors (Lipinski definition) is 18. The van der Waals surface area contributed by atoms with E-state index in [0.29, 0.717) is 0 Å². The number of aliphatic hydroxyl groups is 3. The van der Waals surface area contributed by atoms with Crippen molar-refractivity contribution >= 4 is 51.6 Å². The number of carbonyl (C=O) groups excluding carboxylic acids is 1. The second kappa shape index (κ2) is 15.4. The van der Waals surface area contributed by atoms with Crippen molar-refractivity contribution in [1.82, 2.24) is 24.4 Å². The summed E-state index contributed by atoms with van der Waals surface area (Å²) in [5.74, 6) is -2.42. The van der Waals surface area contributed by atoms with Crippen LogP contribution >= 0.6 is 23.4 Å². The lowest BCUT2D eigenvalue weighted by molar-refractivity contribution is -0.132. The molecule has 0 amide bonds. The van der Waals surface area contributed by atoms with Crippen molar-refractivity contribution in [2.75, 3.05) is 25.5 Å². The van der Waals surface area contributed by atoms with E-state index in [1.165, 1.54) is 37.1 Å². The molecule has 2 aromatic heterocycles. The Balaban J connectivity index is 1.39. The third-order valence-electron chi connectivity index (χ3n) is 7.77. The number of aromatic nitrogens is 4. The van der Waals surface area contributed by atoms with Crippen molar-refractivity contribution in [3.63, 3.8) is 0 Å². The van der Waals surface area contributed by atoms with E-state index in [4.69, 9.17) is 24.0 Å². The zero-order valence-corrected chi connectivity index (χ0v) is 28.8. The maximum atomic E-state index is 12.7. The van der Waals surface area contributed by atoms with Crippen molar-refractivity contribution in [3.05, 3.63) is 36.6 Å². The maximum Gasteiger partial charge on any atom is 0.495 e. The first-order valence-electron chi connectivity index (χ1n) is 14.4. The lowest BCUT2D eigenvalue weighted by Crippen LogP contribution is -2.48. The minimum absolute atomic E-state index is 0.00979. The second-order valence-electron chi connectivity index (χ2n) is 11.3. The largest absolute Gasteiger partial charge is 0.495 e. The summed E-state index contributed by atoms with van der Waals surface area (Å²) in [4.78, 5) is 87.0. The number of nitrogen functional groups attached to an aromatic ring is 1. The Kier molecular flexibility index (Phi) is 12.3. The van der Waals surface area contributed by atoms with Gasteiger partial charge < -0.3 is 55.0 Å². The molecule has 4 heterocycles. The van der Waals surface area contributed by atoms with E-state index in [0.717, 1.165) is 17.2 Å². The summed E-state index contributed by atoms with van der Waals surface area (Å²) < 4.78 is 45.4. The summed E-state index contributed by atoms with van der Waals surface area (Å²) in [7, 11) is -16.3. The molecule has 0 aliphatic carbocycles. The van der Waals surface area contributed by atoms with Crippen LogP contribution in [0, 0.1) is 5.92 Å². The minimum Gasteiger partial charge on any atom is -0.478 e. The number of phosphoric ester groups is 1. The Morgan fingerprint density at radius 3 is 2.46 bits per heavy atom. The highest BCUT2D eigenvalue weighted by Crippen LogP contribution is 2.66. The molecule has 4 rings (SSSR count). The minimum atomic E-state index is -5.57. The molecule has 1 saturated heterocycles. The lowest BCUT2D eigenvalue weighted by Gasteiger charge is -2.36. The fraction of sp³-hybridized carbons (Fsp3) is 0.542. The number of fused-ring (bicyclic) bond motifs is 1. The van der Waals surface area contributed by atoms with E-state index in [-0.39, 0.29) is 29.1 Å². The Morgan fingerprint density at radius 2 is 1.82 bits per heavy atom. The Morgan fingerprint density at radius 1 is 1.14 bits per heavy atom. The average molecular weight is 773 g/mol. The fourth-order valence-electron chi connectivity index (χ4n) is 4.98. The van der Waals surface area contributed by atoms with E-state index < -0.39 is 96.5 Å². The highest BCUT2D eigenvalue weighted by molar-refractivity contribution is 8.00. The molecule has 50 heavy (non-hydrogen) atoms. The molecule has 0 spiro atoms. The normalized spacial score (nSPS) is 25.2. The van der Waals surface area contributed by atoms with Crippen LogP contribution in [0.3, 0.4) is 0 Å². The van der Waals surface area contributed by atoms with Gasteiger partial charge in [0.15, 0.2) is 17.7 Å². The molecule has 0 bridgehead atoms. The zero-order chi connectivity index (χ0) is 37.3. The molecule has 3 unspecified atom stereocenters. The van der Waals surface area contributed by atoms with E-state index in [1.54, 1.807) is 0 Å². The Hall–Kier alpha value is -2.82. The number of aliphatic hydroxyl groups excluding tert-OH is 3. The number of rotatable bonds is 16. The number of ether oxygens (including phenoxy) is 1. The lowest BCUT2D eigenvalue weighted by atomic mass is 9.95. The van der Waals surface area contributed by atoms with Gasteiger partial charge in [0, 0.05) is 18.7 Å². The van der Waals surface area contributed by atoms with E-state index in [2.05, 4.69) is 15.0 Å². The highest BCUT2D eigenvalue weighted by Gasteiger charge is 2.60. The summed E-state index contributed by atoms with van der Waals surface area (Å²) >= 11 is 0. The van der Waals surface area contributed by atoms with Crippen LogP contribution in [0.5, 0.6) is 0 Å². The van der Waals surface area contributed by atoms with Crippen LogP contribution in [0.25, 0.3) is 11.2 Å². The molecular formula is C24H36N6O17P3+. The Bertz CT molecular complexity index is 1730. The SMILES string of the molecule is CC(COP(=O)(O)C(=O)[P+](O)(O)OC[C@H]1O[C@@H](n2cnc3c(N)ncnc32)[C@H](OP(=O)(O)O)[C@@H]1O)[C@@H](O)[C@@H](O)C(C)N1C=C(C(=O)O)C=CC1. The molecule has 0 aromatic carbocycles. The number of nitrogens with two attached hydrogens (primary N) is 1. The topological polar surface area (TPSA) is 360 Å². The van der Waals surface area contributed by atoms with Gasteiger partial charge in [0.05, 0.1) is 30.7 Å². The first kappa shape index (κ1) is 40.0. The van der Waals surface area contributed by atoms with Crippen molar-refractivity contribution in [2.45, 2.75) is 56.6 Å². The van der Waals surface area contributed by atoms with Gasteiger partial charge in [0.1, 0.15) is 42.9 Å². The van der Waals surface area contributed by atoms with Crippen LogP contribution in [-0.2, 0) is 32.2 Å². The predicted octanol–water partition coefficient (Wildman–Crippen LogP) is -1.18. The summed E-state index contributed by atoms with van der Waals surface area (Å²) in [6, 6.07) is -0.852. The summed E-state index contributed by atoms with van der Waals surface area (Å²) in [5, 5.41) is 39.1. The van der Waals surface area contributed by atoms with Crippen LogP contribution in [0.4, 0.5) is 10.6 Å². The zero-order valence-electron chi connectivity index (χ0n) is 26.1. The summed E-state index contributed by atoms with van der Waals surface area (Å²) in [5.41, 5.74) is 5.73. The number of carboxylic acids is 1. The van der Waals surface area contributed by atoms with Gasteiger partial charge in [-0.05, 0) is 13.0 Å². The van der Waals surface area contributed by atoms with Crippen LogP contribution in [-0.4, -0.2) is 137 Å². The van der Waals surface area contributed by atoms with E-state index in [9.17, 15) is 63.6 Å². The molecule has 23 nitrogen and oxygen atoms in total. The van der Waals surface area contributed by atoms with E-state index in [1.807, 2.05) is 0 Å². The second-order valence-corrected chi connectivity index (χ2v) is 16.3. The number of aliphatic carboxylic acids is 1. The molecule has 1 fully saturated rings. The third kappa shape index (κ3) is 8.96. The van der Waals surface area contributed by atoms with Crippen LogP contribution in [0.2, 0.25) is 0 Å². The van der Waals surface area contributed by atoms with Gasteiger partial charge in [-0.3, -0.25) is 9.09 Å². The molecular weight excluding hydrogens is 737 g/mol. The first-order chi connectivity index (χ1) is 23.1. The number of carboxylic acid groups (broad SMARTS) is 1. The van der Waals surface area contributed by atoms with Gasteiger partial charge in [-0.25, -0.2) is 33.7 Å². The quantitative estimate of drug-likeness (QED) is 0.0897. The molecule has 2 aliphatic rings. The number of anilines is 1. The number of nitrogens with zero attached hydrogens (tertiary/aromatic N) is 5. The van der Waals surface area contributed by atoms with Crippen molar-refractivity contribution < 1.29 is 81.9 Å². The Labute approximate surface area is 282 Å². The predicted molar refractivity (Wildman–Crippen MR) is 167 cm³/mol. The molecule has 278 valence electrons. The van der Waals surface area contributed by atoms with Gasteiger partial charge in [-0.15, -0.1) is 0 Å². The number of phosphoric acid groups is 1. The fourth-order valence-corrected chi connectivity index (χ4v) is 8.20. The van der Waals surface area contributed by atoms with Crippen molar-refractivity contribution in [1.29, 1.82) is 0 Å².